The zero-order chi connectivity index (χ0) is 9.52. The Morgan fingerprint density at radius 2 is 2.23 bits per heavy atom. The van der Waals surface area contributed by atoms with Crippen LogP contribution >= 0.6 is 19.0 Å². The van der Waals surface area contributed by atoms with E-state index in [0.717, 1.165) is 19.4 Å². The molecule has 2 atom stereocenters. The molecule has 2 nitrogen and oxygen atoms in total. The Hall–Kier alpha value is 0.640. The average molecular weight is 225 g/mol. The van der Waals surface area contributed by atoms with Gasteiger partial charge in [-0.3, -0.25) is 0 Å². The largest absolute Gasteiger partial charge is 0.322 e. The summed E-state index contributed by atoms with van der Waals surface area (Å²) >= 11 is 5.77. The first-order valence-electron chi connectivity index (χ1n) is 5.08. The fourth-order valence-electron chi connectivity index (χ4n) is 1.45. The summed E-state index contributed by atoms with van der Waals surface area (Å²) in [6.45, 7) is 3.00. The summed E-state index contributed by atoms with van der Waals surface area (Å²) in [6, 6.07) is 0. The maximum Gasteiger partial charge on any atom is 0.277 e. The van der Waals surface area contributed by atoms with Crippen molar-refractivity contribution >= 4 is 19.0 Å². The quantitative estimate of drug-likeness (QED) is 0.514. The molecule has 0 amide bonds. The van der Waals surface area contributed by atoms with E-state index < -0.39 is 7.73 Å². The smallest absolute Gasteiger partial charge is 0.277 e. The lowest BCUT2D eigenvalue weighted by Crippen LogP contribution is -2.17. The van der Waals surface area contributed by atoms with Crippen molar-refractivity contribution in [2.24, 2.45) is 0 Å². The summed E-state index contributed by atoms with van der Waals surface area (Å²) in [7, 11) is -1.08. The molecule has 1 aliphatic heterocycles. The van der Waals surface area contributed by atoms with Crippen LogP contribution in [0.5, 0.6) is 0 Å². The van der Waals surface area contributed by atoms with Crippen LogP contribution in [0.4, 0.5) is 0 Å². The molecule has 1 saturated heterocycles. The van der Waals surface area contributed by atoms with Gasteiger partial charge in [-0.25, -0.2) is 0 Å². The summed E-state index contributed by atoms with van der Waals surface area (Å²) in [5, 5.41) is 0. The number of rotatable bonds is 5. The average Bonchev–Trinajstić information content (AvgIpc) is 2.13. The van der Waals surface area contributed by atoms with Crippen LogP contribution in [-0.2, 0) is 9.05 Å². The van der Waals surface area contributed by atoms with E-state index in [2.05, 4.69) is 6.92 Å². The van der Waals surface area contributed by atoms with Crippen LogP contribution in [-0.4, -0.2) is 12.7 Å². The minimum absolute atomic E-state index is 0.356. The monoisotopic (exact) mass is 224 g/mol. The van der Waals surface area contributed by atoms with Crippen molar-refractivity contribution in [2.75, 3.05) is 6.61 Å². The second-order valence-corrected chi connectivity index (χ2v) is 5.13. The lowest BCUT2D eigenvalue weighted by molar-refractivity contribution is 0.107. The summed E-state index contributed by atoms with van der Waals surface area (Å²) in [4.78, 5) is 0. The molecule has 0 radical (unpaired) electrons. The van der Waals surface area contributed by atoms with Gasteiger partial charge in [0.05, 0.1) is 12.7 Å². The third kappa shape index (κ3) is 5.17. The van der Waals surface area contributed by atoms with Crippen molar-refractivity contribution in [1.82, 2.24) is 0 Å². The molecule has 0 spiro atoms. The van der Waals surface area contributed by atoms with Gasteiger partial charge >= 0.3 is 0 Å². The molecule has 0 aromatic rings. The molecular weight excluding hydrogens is 207 g/mol. The standard InChI is InChI=1S/C9H18ClO2P/c1-2-3-4-5-6-9-7-8-11-13(10)12-9/h9H,2-8H2,1H3. The molecular formula is C9H18ClO2P. The maximum absolute atomic E-state index is 5.77. The molecule has 1 fully saturated rings. The number of hydrogen-bond acceptors (Lipinski definition) is 2. The van der Waals surface area contributed by atoms with E-state index in [1.807, 2.05) is 0 Å². The van der Waals surface area contributed by atoms with Gasteiger partial charge < -0.3 is 9.05 Å². The third-order valence-electron chi connectivity index (χ3n) is 2.24. The minimum Gasteiger partial charge on any atom is -0.322 e. The Morgan fingerprint density at radius 3 is 2.92 bits per heavy atom. The van der Waals surface area contributed by atoms with Gasteiger partial charge in [-0.2, -0.15) is 0 Å². The molecule has 2 unspecified atom stereocenters. The van der Waals surface area contributed by atoms with Gasteiger partial charge in [0.2, 0.25) is 0 Å². The lowest BCUT2D eigenvalue weighted by atomic mass is 10.1. The first-order valence-corrected chi connectivity index (χ1v) is 7.16. The second kappa shape index (κ2) is 7.00. The van der Waals surface area contributed by atoms with Crippen molar-refractivity contribution < 1.29 is 9.05 Å². The Bertz CT molecular complexity index is 135. The lowest BCUT2D eigenvalue weighted by Gasteiger charge is -2.25. The molecule has 0 aromatic heterocycles. The van der Waals surface area contributed by atoms with E-state index in [9.17, 15) is 0 Å². The van der Waals surface area contributed by atoms with Crippen LogP contribution in [0, 0.1) is 0 Å². The predicted molar refractivity (Wildman–Crippen MR) is 57.0 cm³/mol. The zero-order valence-corrected chi connectivity index (χ0v) is 9.82. The highest BCUT2D eigenvalue weighted by Crippen LogP contribution is 2.48. The first-order chi connectivity index (χ1) is 6.33. The molecule has 13 heavy (non-hydrogen) atoms. The van der Waals surface area contributed by atoms with Crippen LogP contribution in [0.25, 0.3) is 0 Å². The summed E-state index contributed by atoms with van der Waals surface area (Å²) < 4.78 is 10.6. The summed E-state index contributed by atoms with van der Waals surface area (Å²) in [6.07, 6.45) is 7.72. The fraction of sp³-hybridized carbons (Fsp3) is 1.00. The maximum atomic E-state index is 5.77. The van der Waals surface area contributed by atoms with E-state index in [1.165, 1.54) is 25.7 Å². The van der Waals surface area contributed by atoms with E-state index in [4.69, 9.17) is 20.3 Å². The number of halogens is 1. The third-order valence-corrected chi connectivity index (χ3v) is 3.63. The van der Waals surface area contributed by atoms with Gasteiger partial charge in [0.1, 0.15) is 0 Å². The molecule has 0 N–H and O–H groups in total. The Morgan fingerprint density at radius 1 is 1.38 bits per heavy atom. The Labute approximate surface area is 86.6 Å². The zero-order valence-electron chi connectivity index (χ0n) is 8.17. The van der Waals surface area contributed by atoms with Gasteiger partial charge in [-0.1, -0.05) is 32.6 Å². The van der Waals surface area contributed by atoms with Gasteiger partial charge in [0, 0.05) is 0 Å². The van der Waals surface area contributed by atoms with Gasteiger partial charge in [0.25, 0.3) is 7.73 Å². The molecule has 4 heteroatoms. The Balaban J connectivity index is 2.00. The highest BCUT2D eigenvalue weighted by Gasteiger charge is 2.21. The van der Waals surface area contributed by atoms with Gasteiger partial charge in [0.15, 0.2) is 0 Å². The van der Waals surface area contributed by atoms with Crippen LogP contribution in [0.15, 0.2) is 0 Å². The number of hydrogen-bond donors (Lipinski definition) is 0. The van der Waals surface area contributed by atoms with Crippen molar-refractivity contribution in [1.29, 1.82) is 0 Å². The normalized spacial score (nSPS) is 29.1. The predicted octanol–water partition coefficient (Wildman–Crippen LogP) is 4.23. The van der Waals surface area contributed by atoms with E-state index >= 15 is 0 Å². The molecule has 0 saturated carbocycles. The van der Waals surface area contributed by atoms with Gasteiger partial charge in [-0.15, -0.1) is 0 Å². The Kier molecular flexibility index (Phi) is 6.31. The van der Waals surface area contributed by atoms with Gasteiger partial charge in [-0.05, 0) is 24.1 Å². The highest BCUT2D eigenvalue weighted by molar-refractivity contribution is 7.76. The minimum atomic E-state index is -1.08. The second-order valence-electron chi connectivity index (χ2n) is 3.41. The molecule has 1 aliphatic rings. The van der Waals surface area contributed by atoms with E-state index in [0.29, 0.717) is 6.10 Å². The SMILES string of the molecule is CCCCCCC1CCOP(Cl)O1. The van der Waals surface area contributed by atoms with Crippen LogP contribution in [0.1, 0.15) is 45.4 Å². The highest BCUT2D eigenvalue weighted by atomic mass is 35.7. The summed E-state index contributed by atoms with van der Waals surface area (Å²) in [5.41, 5.74) is 0. The fourth-order valence-corrected chi connectivity index (χ4v) is 2.75. The van der Waals surface area contributed by atoms with Crippen LogP contribution < -0.4 is 0 Å². The topological polar surface area (TPSA) is 18.5 Å². The van der Waals surface area contributed by atoms with Crippen LogP contribution in [0.2, 0.25) is 0 Å². The first kappa shape index (κ1) is 11.7. The summed E-state index contributed by atoms with van der Waals surface area (Å²) in [5.74, 6) is 0. The molecule has 78 valence electrons. The van der Waals surface area contributed by atoms with Crippen molar-refractivity contribution in [3.05, 3.63) is 0 Å². The van der Waals surface area contributed by atoms with Crippen LogP contribution in [0.3, 0.4) is 0 Å². The molecule has 1 rings (SSSR count). The number of unbranched alkanes of at least 4 members (excludes halogenated alkanes) is 3. The molecule has 0 bridgehead atoms. The molecule has 0 aromatic carbocycles. The van der Waals surface area contributed by atoms with Crippen molar-refractivity contribution in [3.8, 4) is 0 Å². The molecule has 0 aliphatic carbocycles. The molecule has 1 heterocycles. The van der Waals surface area contributed by atoms with Crippen molar-refractivity contribution in [3.63, 3.8) is 0 Å². The van der Waals surface area contributed by atoms with Crippen molar-refractivity contribution in [2.45, 2.75) is 51.6 Å². The van der Waals surface area contributed by atoms with E-state index in [-0.39, 0.29) is 0 Å². The van der Waals surface area contributed by atoms with E-state index in [1.54, 1.807) is 0 Å².